The molecule has 1 aliphatic heterocycles. The van der Waals surface area contributed by atoms with Gasteiger partial charge >= 0.3 is 0 Å². The molecule has 0 spiro atoms. The van der Waals surface area contributed by atoms with E-state index in [4.69, 9.17) is 4.74 Å². The summed E-state index contributed by atoms with van der Waals surface area (Å²) in [5.41, 5.74) is 2.78. The zero-order valence-corrected chi connectivity index (χ0v) is 13.1. The van der Waals surface area contributed by atoms with Crippen LogP contribution in [0.25, 0.3) is 0 Å². The van der Waals surface area contributed by atoms with Crippen LogP contribution in [0.3, 0.4) is 0 Å². The monoisotopic (exact) mass is 316 g/mol. The topological polar surface area (TPSA) is 75.7 Å². The molecule has 122 valence electrons. The number of para-hydroxylation sites is 1. The molecule has 2 fully saturated rings. The van der Waals surface area contributed by atoms with E-state index >= 15 is 0 Å². The summed E-state index contributed by atoms with van der Waals surface area (Å²) in [6, 6.07) is 6.78. The van der Waals surface area contributed by atoms with Crippen LogP contribution in [0.4, 0.5) is 0 Å². The highest BCUT2D eigenvalue weighted by Crippen LogP contribution is 2.37. The number of imide groups is 1. The number of rotatable bonds is 4. The maximum absolute atomic E-state index is 12.5. The van der Waals surface area contributed by atoms with Gasteiger partial charge in [-0.3, -0.25) is 19.8 Å². The molecule has 3 amide bonds. The van der Waals surface area contributed by atoms with Crippen molar-refractivity contribution in [2.75, 3.05) is 6.61 Å². The van der Waals surface area contributed by atoms with Gasteiger partial charge in [0.25, 0.3) is 17.7 Å². The van der Waals surface area contributed by atoms with Gasteiger partial charge in [0.15, 0.2) is 0 Å². The highest BCUT2D eigenvalue weighted by Gasteiger charge is 2.49. The molecule has 1 aromatic rings. The molecule has 1 N–H and O–H groups in total. The maximum Gasteiger partial charge on any atom is 0.274 e. The molecule has 1 aliphatic carbocycles. The molecule has 6 heteroatoms. The van der Waals surface area contributed by atoms with Crippen molar-refractivity contribution in [3.05, 3.63) is 29.8 Å². The molecule has 2 unspecified atom stereocenters. The van der Waals surface area contributed by atoms with Gasteiger partial charge in [-0.15, -0.1) is 0 Å². The van der Waals surface area contributed by atoms with Crippen LogP contribution < -0.4 is 10.2 Å². The van der Waals surface area contributed by atoms with Crippen LogP contribution in [-0.4, -0.2) is 29.3 Å². The van der Waals surface area contributed by atoms with E-state index in [-0.39, 0.29) is 23.7 Å². The molecule has 23 heavy (non-hydrogen) atoms. The van der Waals surface area contributed by atoms with Gasteiger partial charge in [-0.25, -0.2) is 0 Å². The lowest BCUT2D eigenvalue weighted by Crippen LogP contribution is -2.46. The minimum absolute atomic E-state index is 0.279. The number of amides is 3. The summed E-state index contributed by atoms with van der Waals surface area (Å²) in [7, 11) is 0. The van der Waals surface area contributed by atoms with Gasteiger partial charge in [-0.1, -0.05) is 25.0 Å². The van der Waals surface area contributed by atoms with Gasteiger partial charge < -0.3 is 4.74 Å². The van der Waals surface area contributed by atoms with Crippen LogP contribution in [0.1, 0.15) is 43.0 Å². The average molecular weight is 316 g/mol. The molecule has 1 heterocycles. The lowest BCUT2D eigenvalue weighted by molar-refractivity contribution is -0.142. The van der Waals surface area contributed by atoms with Gasteiger partial charge in [0.05, 0.1) is 24.0 Å². The molecule has 6 nitrogen and oxygen atoms in total. The number of carbonyl (C=O) groups is 3. The second-order valence-electron chi connectivity index (χ2n) is 5.88. The van der Waals surface area contributed by atoms with Crippen LogP contribution in [0.5, 0.6) is 5.75 Å². The summed E-state index contributed by atoms with van der Waals surface area (Å²) in [5.74, 6) is -1.21. The number of ether oxygens (including phenoxy) is 1. The minimum atomic E-state index is -0.505. The molecule has 1 saturated heterocycles. The first kappa shape index (κ1) is 15.5. The summed E-state index contributed by atoms with van der Waals surface area (Å²) in [4.78, 5) is 37.2. The zero-order valence-electron chi connectivity index (χ0n) is 13.1. The molecule has 0 bridgehead atoms. The van der Waals surface area contributed by atoms with E-state index in [1.165, 1.54) is 0 Å². The van der Waals surface area contributed by atoms with E-state index in [2.05, 4.69) is 5.43 Å². The molecule has 2 aliphatic rings. The van der Waals surface area contributed by atoms with Gasteiger partial charge in [0.1, 0.15) is 5.75 Å². The van der Waals surface area contributed by atoms with Crippen LogP contribution in [0.2, 0.25) is 0 Å². The predicted octanol–water partition coefficient (Wildman–Crippen LogP) is 1.91. The Hall–Kier alpha value is -2.37. The lowest BCUT2D eigenvalue weighted by atomic mass is 9.81. The molecule has 3 rings (SSSR count). The van der Waals surface area contributed by atoms with Crippen LogP contribution in [-0.2, 0) is 9.59 Å². The second kappa shape index (κ2) is 6.40. The number of nitrogens with one attached hydrogen (secondary N) is 1. The van der Waals surface area contributed by atoms with Gasteiger partial charge in [-0.2, -0.15) is 5.01 Å². The van der Waals surface area contributed by atoms with Crippen LogP contribution in [0.15, 0.2) is 24.3 Å². The first-order valence-electron chi connectivity index (χ1n) is 8.04. The number of fused-ring (bicyclic) bond motifs is 1. The Morgan fingerprint density at radius 2 is 1.78 bits per heavy atom. The molecule has 1 saturated carbocycles. The van der Waals surface area contributed by atoms with E-state index in [0.717, 1.165) is 30.7 Å². The smallest absolute Gasteiger partial charge is 0.274 e. The summed E-state index contributed by atoms with van der Waals surface area (Å²) < 4.78 is 5.42. The minimum Gasteiger partial charge on any atom is -0.493 e. The first-order chi connectivity index (χ1) is 11.1. The number of benzene rings is 1. The van der Waals surface area contributed by atoms with E-state index < -0.39 is 5.91 Å². The number of hydrogen-bond donors (Lipinski definition) is 1. The Morgan fingerprint density at radius 3 is 2.39 bits per heavy atom. The molecular formula is C17H20N2O4. The van der Waals surface area contributed by atoms with Gasteiger partial charge in [0.2, 0.25) is 0 Å². The number of nitrogens with zero attached hydrogens (tertiary/aromatic N) is 1. The Balaban J connectivity index is 1.78. The Labute approximate surface area is 134 Å². The van der Waals surface area contributed by atoms with E-state index in [0.29, 0.717) is 17.9 Å². The standard InChI is InChI=1S/C17H20N2O4/c1-2-23-14-10-6-5-9-13(14)15(20)18-19-16(21)11-7-3-4-8-12(11)17(19)22/h5-6,9-12H,2-4,7-8H2,1H3,(H,18,20). The summed E-state index contributed by atoms with van der Waals surface area (Å²) in [5, 5.41) is 0.908. The number of carbonyl (C=O) groups excluding carboxylic acids is 3. The summed E-state index contributed by atoms with van der Waals surface area (Å²) in [6.07, 6.45) is 3.35. The lowest BCUT2D eigenvalue weighted by Gasteiger charge is -2.19. The third kappa shape index (κ3) is 2.81. The van der Waals surface area contributed by atoms with E-state index in [1.807, 2.05) is 6.92 Å². The Kier molecular flexibility index (Phi) is 4.32. The average Bonchev–Trinajstić information content (AvgIpc) is 2.81. The fraction of sp³-hybridized carbons (Fsp3) is 0.471. The van der Waals surface area contributed by atoms with Crippen molar-refractivity contribution in [2.45, 2.75) is 32.6 Å². The van der Waals surface area contributed by atoms with E-state index in [9.17, 15) is 14.4 Å². The highest BCUT2D eigenvalue weighted by molar-refractivity contribution is 6.08. The van der Waals surface area contributed by atoms with Gasteiger partial charge in [0, 0.05) is 0 Å². The Morgan fingerprint density at radius 1 is 1.17 bits per heavy atom. The molecule has 2 atom stereocenters. The SMILES string of the molecule is CCOc1ccccc1C(=O)NN1C(=O)C2CCCCC2C1=O. The van der Waals surface area contributed by atoms with Crippen molar-refractivity contribution < 1.29 is 19.1 Å². The van der Waals surface area contributed by atoms with Crippen molar-refractivity contribution >= 4 is 17.7 Å². The second-order valence-corrected chi connectivity index (χ2v) is 5.88. The van der Waals surface area contributed by atoms with E-state index in [1.54, 1.807) is 24.3 Å². The van der Waals surface area contributed by atoms with Crippen LogP contribution in [0, 0.1) is 11.8 Å². The first-order valence-corrected chi connectivity index (χ1v) is 8.04. The molecule has 0 radical (unpaired) electrons. The third-order valence-corrected chi connectivity index (χ3v) is 4.49. The zero-order chi connectivity index (χ0) is 16.4. The fourth-order valence-electron chi connectivity index (χ4n) is 3.37. The molecule has 1 aromatic carbocycles. The highest BCUT2D eigenvalue weighted by atomic mass is 16.5. The van der Waals surface area contributed by atoms with Crippen molar-refractivity contribution in [3.63, 3.8) is 0 Å². The van der Waals surface area contributed by atoms with Crippen molar-refractivity contribution in [1.29, 1.82) is 0 Å². The Bertz CT molecular complexity index is 619. The van der Waals surface area contributed by atoms with Crippen molar-refractivity contribution in [2.24, 2.45) is 11.8 Å². The van der Waals surface area contributed by atoms with Crippen molar-refractivity contribution in [3.8, 4) is 5.75 Å². The molecular weight excluding hydrogens is 296 g/mol. The maximum atomic E-state index is 12.5. The van der Waals surface area contributed by atoms with Crippen LogP contribution >= 0.6 is 0 Å². The van der Waals surface area contributed by atoms with Crippen molar-refractivity contribution in [1.82, 2.24) is 10.4 Å². The largest absolute Gasteiger partial charge is 0.493 e. The number of hydrogen-bond acceptors (Lipinski definition) is 4. The number of hydrazine groups is 1. The summed E-state index contributed by atoms with van der Waals surface area (Å²) >= 11 is 0. The normalized spacial score (nSPS) is 23.6. The quantitative estimate of drug-likeness (QED) is 0.861. The van der Waals surface area contributed by atoms with Gasteiger partial charge in [-0.05, 0) is 31.9 Å². The molecule has 0 aromatic heterocycles. The predicted molar refractivity (Wildman–Crippen MR) is 82.4 cm³/mol. The third-order valence-electron chi connectivity index (χ3n) is 4.49. The summed E-state index contributed by atoms with van der Waals surface area (Å²) in [6.45, 7) is 2.25. The fourth-order valence-corrected chi connectivity index (χ4v) is 3.37.